The van der Waals surface area contributed by atoms with Gasteiger partial charge in [0.25, 0.3) is 0 Å². The van der Waals surface area contributed by atoms with Gasteiger partial charge in [0.05, 0.1) is 5.54 Å². The van der Waals surface area contributed by atoms with Crippen molar-refractivity contribution >= 4 is 5.91 Å². The van der Waals surface area contributed by atoms with Crippen LogP contribution in [0.1, 0.15) is 33.1 Å². The van der Waals surface area contributed by atoms with Crippen molar-refractivity contribution in [3.05, 3.63) is 11.6 Å². The Morgan fingerprint density at radius 2 is 2.11 bits per heavy atom. The first-order chi connectivity index (χ1) is 8.18. The minimum absolute atomic E-state index is 0.00974. The maximum atomic E-state index is 12.4. The van der Waals surface area contributed by atoms with Crippen LogP contribution in [0.25, 0.3) is 0 Å². The highest BCUT2D eigenvalue weighted by atomic mass is 19.4. The van der Waals surface area contributed by atoms with Gasteiger partial charge in [0.1, 0.15) is 0 Å². The molecule has 1 rings (SSSR count). The third-order valence-corrected chi connectivity index (χ3v) is 3.12. The van der Waals surface area contributed by atoms with Crippen molar-refractivity contribution in [1.82, 2.24) is 4.90 Å². The Morgan fingerprint density at radius 1 is 1.50 bits per heavy atom. The lowest BCUT2D eigenvalue weighted by Crippen LogP contribution is -2.54. The second-order valence-corrected chi connectivity index (χ2v) is 4.90. The summed E-state index contributed by atoms with van der Waals surface area (Å²) < 4.78 is 37.3. The van der Waals surface area contributed by atoms with Crippen molar-refractivity contribution in [2.45, 2.75) is 44.8 Å². The van der Waals surface area contributed by atoms with E-state index in [-0.39, 0.29) is 25.4 Å². The van der Waals surface area contributed by atoms with E-state index in [9.17, 15) is 18.0 Å². The Kier molecular flexibility index (Phi) is 4.42. The lowest BCUT2D eigenvalue weighted by molar-refractivity contribution is -0.137. The van der Waals surface area contributed by atoms with Crippen LogP contribution < -0.4 is 5.73 Å². The first-order valence-corrected chi connectivity index (χ1v) is 6.03. The Hall–Kier alpha value is -1.04. The molecular weight excluding hydrogens is 245 g/mol. The molecule has 0 aliphatic carbocycles. The zero-order chi connectivity index (χ0) is 14.0. The second-order valence-electron chi connectivity index (χ2n) is 4.90. The van der Waals surface area contributed by atoms with Gasteiger partial charge in [0.15, 0.2) is 0 Å². The van der Waals surface area contributed by atoms with Crippen molar-refractivity contribution in [2.24, 2.45) is 5.73 Å². The topological polar surface area (TPSA) is 46.3 Å². The molecule has 0 aromatic carbocycles. The van der Waals surface area contributed by atoms with Crippen molar-refractivity contribution in [3.8, 4) is 0 Å². The molecule has 0 aromatic heterocycles. The molecule has 18 heavy (non-hydrogen) atoms. The van der Waals surface area contributed by atoms with Crippen LogP contribution >= 0.6 is 0 Å². The van der Waals surface area contributed by atoms with Gasteiger partial charge < -0.3 is 10.6 Å². The number of hydrogen-bond acceptors (Lipinski definition) is 2. The summed E-state index contributed by atoms with van der Waals surface area (Å²) >= 11 is 0. The summed E-state index contributed by atoms with van der Waals surface area (Å²) in [6.07, 6.45) is -2.08. The molecule has 2 N–H and O–H groups in total. The van der Waals surface area contributed by atoms with Gasteiger partial charge >= 0.3 is 6.18 Å². The normalized spacial score (nSPS) is 20.3. The smallest absolute Gasteiger partial charge is 0.337 e. The average Bonchev–Trinajstić information content (AvgIpc) is 2.27. The SMILES string of the molecule is CCCC(C)(N)C(=O)N1CC=C(C(F)(F)F)CC1. The first kappa shape index (κ1) is 15.0. The zero-order valence-electron chi connectivity index (χ0n) is 10.7. The van der Waals surface area contributed by atoms with Gasteiger partial charge in [-0.2, -0.15) is 13.2 Å². The Labute approximate surface area is 105 Å². The monoisotopic (exact) mass is 264 g/mol. The molecule has 1 atom stereocenters. The van der Waals surface area contributed by atoms with E-state index in [1.165, 1.54) is 4.90 Å². The molecule has 0 fully saturated rings. The molecule has 1 aliphatic rings. The van der Waals surface area contributed by atoms with E-state index in [2.05, 4.69) is 0 Å². The van der Waals surface area contributed by atoms with Gasteiger partial charge in [-0.3, -0.25) is 4.79 Å². The standard InChI is InChI=1S/C12H19F3N2O/c1-3-6-11(2,16)10(18)17-7-4-9(5-8-17)12(13,14)15/h4H,3,5-8,16H2,1-2H3. The van der Waals surface area contributed by atoms with Gasteiger partial charge in [-0.05, 0) is 19.8 Å². The largest absolute Gasteiger partial charge is 0.412 e. The van der Waals surface area contributed by atoms with Crippen LogP contribution in [-0.4, -0.2) is 35.6 Å². The summed E-state index contributed by atoms with van der Waals surface area (Å²) in [4.78, 5) is 13.5. The predicted molar refractivity (Wildman–Crippen MR) is 62.8 cm³/mol. The molecule has 1 unspecified atom stereocenters. The van der Waals surface area contributed by atoms with Gasteiger partial charge in [-0.25, -0.2) is 0 Å². The van der Waals surface area contributed by atoms with Crippen molar-refractivity contribution in [2.75, 3.05) is 13.1 Å². The van der Waals surface area contributed by atoms with Crippen LogP contribution in [0.4, 0.5) is 13.2 Å². The third-order valence-electron chi connectivity index (χ3n) is 3.12. The number of alkyl halides is 3. The summed E-state index contributed by atoms with van der Waals surface area (Å²) in [5.41, 5.74) is 4.35. The molecule has 0 radical (unpaired) electrons. The Balaban J connectivity index is 2.69. The van der Waals surface area contributed by atoms with E-state index in [1.807, 2.05) is 6.92 Å². The Bertz CT molecular complexity index is 348. The van der Waals surface area contributed by atoms with Gasteiger partial charge in [0.2, 0.25) is 5.91 Å². The molecule has 1 amide bonds. The van der Waals surface area contributed by atoms with Crippen molar-refractivity contribution in [1.29, 1.82) is 0 Å². The fourth-order valence-corrected chi connectivity index (χ4v) is 2.10. The second kappa shape index (κ2) is 5.30. The molecular formula is C12H19F3N2O. The van der Waals surface area contributed by atoms with E-state index in [4.69, 9.17) is 5.73 Å². The summed E-state index contributed by atoms with van der Waals surface area (Å²) in [5, 5.41) is 0. The van der Waals surface area contributed by atoms with E-state index in [0.29, 0.717) is 6.42 Å². The van der Waals surface area contributed by atoms with Crippen LogP contribution in [0, 0.1) is 0 Å². The molecule has 0 saturated heterocycles. The number of rotatable bonds is 3. The fourth-order valence-electron chi connectivity index (χ4n) is 2.10. The maximum Gasteiger partial charge on any atom is 0.412 e. The highest BCUT2D eigenvalue weighted by Crippen LogP contribution is 2.30. The quantitative estimate of drug-likeness (QED) is 0.794. The minimum atomic E-state index is -4.29. The molecule has 6 heteroatoms. The number of carbonyl (C=O) groups excluding carboxylic acids is 1. The third kappa shape index (κ3) is 3.48. The molecule has 104 valence electrons. The number of nitrogens with two attached hydrogens (primary N) is 1. The lowest BCUT2D eigenvalue weighted by atomic mass is 9.94. The van der Waals surface area contributed by atoms with Crippen LogP contribution in [0.15, 0.2) is 11.6 Å². The number of hydrogen-bond donors (Lipinski definition) is 1. The van der Waals surface area contributed by atoms with Crippen LogP contribution in [-0.2, 0) is 4.79 Å². The van der Waals surface area contributed by atoms with Gasteiger partial charge in [0, 0.05) is 18.7 Å². The van der Waals surface area contributed by atoms with Gasteiger partial charge in [-0.15, -0.1) is 0 Å². The highest BCUT2D eigenvalue weighted by molar-refractivity contribution is 5.86. The van der Waals surface area contributed by atoms with Crippen LogP contribution in [0.3, 0.4) is 0 Å². The minimum Gasteiger partial charge on any atom is -0.337 e. The molecule has 1 heterocycles. The lowest BCUT2D eigenvalue weighted by Gasteiger charge is -2.33. The molecule has 1 aliphatic heterocycles. The number of amides is 1. The number of carbonyl (C=O) groups is 1. The first-order valence-electron chi connectivity index (χ1n) is 6.03. The van der Waals surface area contributed by atoms with Crippen molar-refractivity contribution in [3.63, 3.8) is 0 Å². The maximum absolute atomic E-state index is 12.4. The molecule has 0 saturated carbocycles. The van der Waals surface area contributed by atoms with E-state index < -0.39 is 17.3 Å². The molecule has 0 aromatic rings. The summed E-state index contributed by atoms with van der Waals surface area (Å²) in [5.74, 6) is -0.276. The number of halogens is 3. The van der Waals surface area contributed by atoms with Crippen LogP contribution in [0.2, 0.25) is 0 Å². The molecule has 3 nitrogen and oxygen atoms in total. The summed E-state index contributed by atoms with van der Waals surface area (Å²) in [7, 11) is 0. The summed E-state index contributed by atoms with van der Waals surface area (Å²) in [6, 6.07) is 0. The van der Waals surface area contributed by atoms with Crippen molar-refractivity contribution < 1.29 is 18.0 Å². The fraction of sp³-hybridized carbons (Fsp3) is 0.750. The molecule has 0 spiro atoms. The van der Waals surface area contributed by atoms with Crippen LogP contribution in [0.5, 0.6) is 0 Å². The molecule has 0 bridgehead atoms. The highest BCUT2D eigenvalue weighted by Gasteiger charge is 2.38. The summed E-state index contributed by atoms with van der Waals surface area (Å²) in [6.45, 7) is 3.61. The number of nitrogens with zero attached hydrogens (tertiary/aromatic N) is 1. The van der Waals surface area contributed by atoms with E-state index in [0.717, 1.165) is 12.5 Å². The van der Waals surface area contributed by atoms with E-state index >= 15 is 0 Å². The average molecular weight is 264 g/mol. The predicted octanol–water partition coefficient (Wildman–Crippen LogP) is 2.22. The van der Waals surface area contributed by atoms with Gasteiger partial charge in [-0.1, -0.05) is 19.4 Å². The Morgan fingerprint density at radius 3 is 2.50 bits per heavy atom. The zero-order valence-corrected chi connectivity index (χ0v) is 10.7. The van der Waals surface area contributed by atoms with E-state index in [1.54, 1.807) is 6.92 Å².